The Morgan fingerprint density at radius 3 is 2.60 bits per heavy atom. The molecule has 0 amide bonds. The van der Waals surface area contributed by atoms with Crippen molar-refractivity contribution in [1.29, 1.82) is 0 Å². The topological polar surface area (TPSA) is 83.6 Å². The lowest BCUT2D eigenvalue weighted by molar-refractivity contribution is -0.137. The van der Waals surface area contributed by atoms with Gasteiger partial charge in [-0.15, -0.1) is 0 Å². The SMILES string of the molecule is N[C@@H](CC(=O)O)c1cc(Cl)cc(Cl)c1O. The number of nitrogens with two attached hydrogens (primary N) is 1. The van der Waals surface area contributed by atoms with Crippen LogP contribution in [0.5, 0.6) is 5.75 Å². The van der Waals surface area contributed by atoms with E-state index in [9.17, 15) is 9.90 Å². The maximum atomic E-state index is 10.4. The summed E-state index contributed by atoms with van der Waals surface area (Å²) in [7, 11) is 0. The van der Waals surface area contributed by atoms with Gasteiger partial charge in [0.05, 0.1) is 11.4 Å². The fourth-order valence-corrected chi connectivity index (χ4v) is 1.68. The summed E-state index contributed by atoms with van der Waals surface area (Å²) in [4.78, 5) is 10.4. The van der Waals surface area contributed by atoms with Gasteiger partial charge in [-0.2, -0.15) is 0 Å². The maximum Gasteiger partial charge on any atom is 0.305 e. The van der Waals surface area contributed by atoms with Crippen molar-refractivity contribution in [1.82, 2.24) is 0 Å². The fraction of sp³-hybridized carbons (Fsp3) is 0.222. The van der Waals surface area contributed by atoms with Crippen LogP contribution in [-0.4, -0.2) is 16.2 Å². The van der Waals surface area contributed by atoms with Gasteiger partial charge in [-0.25, -0.2) is 0 Å². The molecule has 1 aromatic rings. The molecule has 4 nitrogen and oxygen atoms in total. The van der Waals surface area contributed by atoms with E-state index in [1.54, 1.807) is 0 Å². The van der Waals surface area contributed by atoms with Gasteiger partial charge in [-0.05, 0) is 12.1 Å². The highest BCUT2D eigenvalue weighted by Gasteiger charge is 2.17. The number of carbonyl (C=O) groups is 1. The normalized spacial score (nSPS) is 12.5. The van der Waals surface area contributed by atoms with Gasteiger partial charge in [0.2, 0.25) is 0 Å². The van der Waals surface area contributed by atoms with E-state index in [1.807, 2.05) is 0 Å². The number of aliphatic carboxylic acids is 1. The van der Waals surface area contributed by atoms with E-state index in [0.29, 0.717) is 5.02 Å². The lowest BCUT2D eigenvalue weighted by atomic mass is 10.0. The van der Waals surface area contributed by atoms with E-state index in [2.05, 4.69) is 0 Å². The Morgan fingerprint density at radius 2 is 2.07 bits per heavy atom. The fourth-order valence-electron chi connectivity index (χ4n) is 1.17. The van der Waals surface area contributed by atoms with Gasteiger partial charge in [0.15, 0.2) is 0 Å². The number of benzene rings is 1. The Labute approximate surface area is 96.2 Å². The van der Waals surface area contributed by atoms with Gasteiger partial charge in [0, 0.05) is 16.6 Å². The molecule has 6 heteroatoms. The van der Waals surface area contributed by atoms with Crippen molar-refractivity contribution >= 4 is 29.2 Å². The summed E-state index contributed by atoms with van der Waals surface area (Å²) in [5.41, 5.74) is 5.81. The van der Waals surface area contributed by atoms with Gasteiger partial charge in [0.1, 0.15) is 5.75 Å². The molecule has 1 atom stereocenters. The monoisotopic (exact) mass is 249 g/mol. The highest BCUT2D eigenvalue weighted by molar-refractivity contribution is 6.35. The van der Waals surface area contributed by atoms with E-state index in [4.69, 9.17) is 34.0 Å². The molecule has 0 aliphatic heterocycles. The summed E-state index contributed by atoms with van der Waals surface area (Å²) in [5, 5.41) is 18.4. The molecule has 4 N–H and O–H groups in total. The minimum absolute atomic E-state index is 0.0540. The number of phenolic OH excluding ortho intramolecular Hbond substituents is 1. The van der Waals surface area contributed by atoms with Crippen LogP contribution in [0, 0.1) is 0 Å². The molecular formula is C9H9Cl2NO3. The van der Waals surface area contributed by atoms with Crippen molar-refractivity contribution in [3.8, 4) is 5.75 Å². The molecule has 0 aromatic heterocycles. The summed E-state index contributed by atoms with van der Waals surface area (Å²) in [5.74, 6) is -1.28. The summed E-state index contributed by atoms with van der Waals surface area (Å²) < 4.78 is 0. The molecule has 1 aromatic carbocycles. The lowest BCUT2D eigenvalue weighted by Gasteiger charge is -2.12. The van der Waals surface area contributed by atoms with Crippen LogP contribution in [0.15, 0.2) is 12.1 Å². The first-order valence-corrected chi connectivity index (χ1v) is 4.82. The summed E-state index contributed by atoms with van der Waals surface area (Å²) in [6.07, 6.45) is -0.301. The smallest absolute Gasteiger partial charge is 0.305 e. The first-order chi connectivity index (χ1) is 6.91. The third kappa shape index (κ3) is 2.99. The minimum atomic E-state index is -1.06. The van der Waals surface area contributed by atoms with Crippen LogP contribution in [0.3, 0.4) is 0 Å². The third-order valence-corrected chi connectivity index (χ3v) is 2.36. The van der Waals surface area contributed by atoms with E-state index in [-0.39, 0.29) is 22.8 Å². The summed E-state index contributed by atoms with van der Waals surface area (Å²) in [6, 6.07) is 1.92. The van der Waals surface area contributed by atoms with E-state index in [0.717, 1.165) is 0 Å². The van der Waals surface area contributed by atoms with Gasteiger partial charge < -0.3 is 15.9 Å². The Kier molecular flexibility index (Phi) is 3.79. The zero-order chi connectivity index (χ0) is 11.6. The second-order valence-electron chi connectivity index (χ2n) is 3.03. The average molecular weight is 250 g/mol. The average Bonchev–Trinajstić information content (AvgIpc) is 2.09. The largest absolute Gasteiger partial charge is 0.506 e. The van der Waals surface area contributed by atoms with Crippen LogP contribution in [0.4, 0.5) is 0 Å². The number of rotatable bonds is 3. The molecule has 0 saturated heterocycles. The second-order valence-corrected chi connectivity index (χ2v) is 3.87. The predicted molar refractivity (Wildman–Crippen MR) is 57.3 cm³/mol. The quantitative estimate of drug-likeness (QED) is 0.767. The molecule has 0 fully saturated rings. The first kappa shape index (κ1) is 12.1. The number of carboxylic acid groups (broad SMARTS) is 1. The summed E-state index contributed by atoms with van der Waals surface area (Å²) in [6.45, 7) is 0. The zero-order valence-corrected chi connectivity index (χ0v) is 9.09. The van der Waals surface area contributed by atoms with Gasteiger partial charge in [-0.1, -0.05) is 23.2 Å². The molecular weight excluding hydrogens is 241 g/mol. The molecule has 0 aliphatic rings. The number of carboxylic acids is 1. The lowest BCUT2D eigenvalue weighted by Crippen LogP contribution is -2.15. The number of hydrogen-bond acceptors (Lipinski definition) is 3. The molecule has 0 unspecified atom stereocenters. The van der Waals surface area contributed by atoms with Crippen LogP contribution in [-0.2, 0) is 4.79 Å². The molecule has 82 valence electrons. The van der Waals surface area contributed by atoms with E-state index in [1.165, 1.54) is 12.1 Å². The molecule has 1 rings (SSSR count). The Morgan fingerprint density at radius 1 is 1.47 bits per heavy atom. The second kappa shape index (κ2) is 4.70. The molecule has 0 aliphatic carbocycles. The van der Waals surface area contributed by atoms with Gasteiger partial charge in [-0.3, -0.25) is 4.79 Å². The van der Waals surface area contributed by atoms with Crippen LogP contribution in [0.25, 0.3) is 0 Å². The predicted octanol–water partition coefficient (Wildman–Crippen LogP) is 2.17. The van der Waals surface area contributed by atoms with Crippen LogP contribution in [0.1, 0.15) is 18.0 Å². The van der Waals surface area contributed by atoms with E-state index >= 15 is 0 Å². The number of phenols is 1. The number of aromatic hydroxyl groups is 1. The first-order valence-electron chi connectivity index (χ1n) is 4.07. The highest BCUT2D eigenvalue weighted by atomic mass is 35.5. The van der Waals surface area contributed by atoms with Crippen molar-refractivity contribution in [2.24, 2.45) is 5.73 Å². The molecule has 0 radical (unpaired) electrons. The molecule has 0 saturated carbocycles. The summed E-state index contributed by atoms with van der Waals surface area (Å²) >= 11 is 11.4. The Hall–Kier alpha value is -0.970. The van der Waals surface area contributed by atoms with Crippen molar-refractivity contribution in [3.05, 3.63) is 27.7 Å². The maximum absolute atomic E-state index is 10.4. The Balaban J connectivity index is 3.07. The van der Waals surface area contributed by atoms with E-state index < -0.39 is 12.0 Å². The highest BCUT2D eigenvalue weighted by Crippen LogP contribution is 2.34. The van der Waals surface area contributed by atoms with Crippen molar-refractivity contribution in [3.63, 3.8) is 0 Å². The van der Waals surface area contributed by atoms with Crippen molar-refractivity contribution in [2.75, 3.05) is 0 Å². The molecule has 0 bridgehead atoms. The van der Waals surface area contributed by atoms with Gasteiger partial charge >= 0.3 is 5.97 Å². The van der Waals surface area contributed by atoms with Gasteiger partial charge in [0.25, 0.3) is 0 Å². The van der Waals surface area contributed by atoms with Crippen LogP contribution in [0.2, 0.25) is 10.0 Å². The number of halogens is 2. The molecule has 15 heavy (non-hydrogen) atoms. The van der Waals surface area contributed by atoms with Crippen molar-refractivity contribution in [2.45, 2.75) is 12.5 Å². The Bertz CT molecular complexity index is 395. The van der Waals surface area contributed by atoms with Crippen LogP contribution < -0.4 is 5.73 Å². The van der Waals surface area contributed by atoms with Crippen molar-refractivity contribution < 1.29 is 15.0 Å². The molecule has 0 heterocycles. The standard InChI is InChI=1S/C9H9Cl2NO3/c10-4-1-5(7(12)3-8(13)14)9(15)6(11)2-4/h1-2,7,15H,3,12H2,(H,13,14)/t7-/m0/s1. The minimum Gasteiger partial charge on any atom is -0.506 e. The third-order valence-electron chi connectivity index (χ3n) is 1.85. The molecule has 0 spiro atoms. The number of hydrogen-bond donors (Lipinski definition) is 3. The van der Waals surface area contributed by atoms with Crippen LogP contribution >= 0.6 is 23.2 Å². The zero-order valence-electron chi connectivity index (χ0n) is 7.58.